The number of furan rings is 1. The Morgan fingerprint density at radius 1 is 1.53 bits per heavy atom. The van der Waals surface area contributed by atoms with Crippen LogP contribution in [0, 0.1) is 12.8 Å². The van der Waals surface area contributed by atoms with Gasteiger partial charge in [-0.15, -0.1) is 11.6 Å². The maximum absolute atomic E-state index is 12.0. The van der Waals surface area contributed by atoms with Crippen LogP contribution in [0.4, 0.5) is 0 Å². The summed E-state index contributed by atoms with van der Waals surface area (Å²) in [5.41, 5.74) is 0.884. The van der Waals surface area contributed by atoms with E-state index >= 15 is 0 Å². The predicted molar refractivity (Wildman–Crippen MR) is 68.6 cm³/mol. The fourth-order valence-corrected chi connectivity index (χ4v) is 3.11. The summed E-state index contributed by atoms with van der Waals surface area (Å²) in [6.07, 6.45) is 1.56. The largest absolute Gasteiger partial charge is 0.469 e. The molecule has 0 aliphatic heterocycles. The number of alkyl halides is 1. The smallest absolute Gasteiger partial charge is 0.214 e. The van der Waals surface area contributed by atoms with Crippen LogP contribution >= 0.6 is 11.6 Å². The van der Waals surface area contributed by atoms with Crippen molar-refractivity contribution in [1.29, 1.82) is 0 Å². The summed E-state index contributed by atoms with van der Waals surface area (Å²) in [4.78, 5) is 0. The van der Waals surface area contributed by atoms with E-state index in [4.69, 9.17) is 16.0 Å². The summed E-state index contributed by atoms with van der Waals surface area (Å²) < 4.78 is 30.4. The molecule has 1 aromatic heterocycles. The molecule has 0 fully saturated rings. The number of aryl methyl sites for hydroxylation is 1. The first-order chi connectivity index (χ1) is 7.86. The van der Waals surface area contributed by atoms with Gasteiger partial charge in [0.25, 0.3) is 0 Å². The molecule has 17 heavy (non-hydrogen) atoms. The van der Waals surface area contributed by atoms with Crippen LogP contribution in [0.15, 0.2) is 16.7 Å². The van der Waals surface area contributed by atoms with Crippen LogP contribution in [-0.4, -0.2) is 31.4 Å². The molecule has 0 aromatic carbocycles. The van der Waals surface area contributed by atoms with E-state index < -0.39 is 10.0 Å². The third-order valence-electron chi connectivity index (χ3n) is 2.59. The summed E-state index contributed by atoms with van der Waals surface area (Å²) in [7, 11) is -1.69. The lowest BCUT2D eigenvalue weighted by molar-refractivity contribution is 0.453. The van der Waals surface area contributed by atoms with Crippen molar-refractivity contribution in [2.24, 2.45) is 5.92 Å². The molecule has 6 heteroatoms. The second-order valence-electron chi connectivity index (χ2n) is 4.30. The van der Waals surface area contributed by atoms with E-state index in [2.05, 4.69) is 0 Å². The van der Waals surface area contributed by atoms with E-state index in [1.165, 1.54) is 4.31 Å². The molecule has 1 atom stereocenters. The minimum atomic E-state index is -3.26. The molecule has 0 aliphatic carbocycles. The quantitative estimate of drug-likeness (QED) is 0.750. The monoisotopic (exact) mass is 279 g/mol. The Labute approximate surface area is 108 Å². The molecule has 0 bridgehead atoms. The highest BCUT2D eigenvalue weighted by Crippen LogP contribution is 2.15. The van der Waals surface area contributed by atoms with Gasteiger partial charge in [0.15, 0.2) is 0 Å². The van der Waals surface area contributed by atoms with Crippen molar-refractivity contribution >= 4 is 21.6 Å². The fourth-order valence-electron chi connectivity index (χ4n) is 1.44. The molecule has 0 spiro atoms. The topological polar surface area (TPSA) is 50.5 Å². The lowest BCUT2D eigenvalue weighted by Crippen LogP contribution is -2.31. The summed E-state index contributed by atoms with van der Waals surface area (Å²) in [6.45, 7) is 3.97. The van der Waals surface area contributed by atoms with Gasteiger partial charge in [-0.2, -0.15) is 0 Å². The molecule has 0 saturated carbocycles. The molecule has 0 N–H and O–H groups in total. The minimum Gasteiger partial charge on any atom is -0.469 e. The first-order valence-corrected chi connectivity index (χ1v) is 7.54. The minimum absolute atomic E-state index is 0.0467. The highest BCUT2D eigenvalue weighted by atomic mass is 35.5. The standard InChI is InChI=1S/C11H18ClNO3S/c1-9(6-12)8-17(14,15)13(3)7-11-4-5-16-10(11)2/h4-5,9H,6-8H2,1-3H3. The summed E-state index contributed by atoms with van der Waals surface area (Å²) in [5, 5.41) is 0. The molecule has 0 amide bonds. The van der Waals surface area contributed by atoms with Gasteiger partial charge in [0.05, 0.1) is 12.0 Å². The van der Waals surface area contributed by atoms with Gasteiger partial charge in [0.1, 0.15) is 5.76 Å². The second kappa shape index (κ2) is 5.89. The molecule has 0 saturated heterocycles. The van der Waals surface area contributed by atoms with Crippen molar-refractivity contribution in [3.63, 3.8) is 0 Å². The Morgan fingerprint density at radius 2 is 2.18 bits per heavy atom. The number of hydrogen-bond donors (Lipinski definition) is 0. The van der Waals surface area contributed by atoms with Crippen molar-refractivity contribution < 1.29 is 12.8 Å². The summed E-state index contributed by atoms with van der Waals surface area (Å²) in [5.74, 6) is 1.12. The Morgan fingerprint density at radius 3 is 2.65 bits per heavy atom. The SMILES string of the molecule is Cc1occc1CN(C)S(=O)(=O)CC(C)CCl. The van der Waals surface area contributed by atoms with Crippen molar-refractivity contribution in [3.8, 4) is 0 Å². The van der Waals surface area contributed by atoms with Crippen LogP contribution in [0.1, 0.15) is 18.2 Å². The van der Waals surface area contributed by atoms with Crippen LogP contribution in [-0.2, 0) is 16.6 Å². The fraction of sp³-hybridized carbons (Fsp3) is 0.636. The average molecular weight is 280 g/mol. The molecular formula is C11H18ClNO3S. The Hall–Kier alpha value is -0.520. The van der Waals surface area contributed by atoms with Gasteiger partial charge < -0.3 is 4.42 Å². The zero-order valence-corrected chi connectivity index (χ0v) is 11.9. The molecule has 1 heterocycles. The number of rotatable bonds is 6. The van der Waals surface area contributed by atoms with Crippen LogP contribution in [0.3, 0.4) is 0 Å². The number of halogens is 1. The van der Waals surface area contributed by atoms with Crippen molar-refractivity contribution in [2.45, 2.75) is 20.4 Å². The van der Waals surface area contributed by atoms with Crippen LogP contribution in [0.5, 0.6) is 0 Å². The lowest BCUT2D eigenvalue weighted by Gasteiger charge is -2.18. The van der Waals surface area contributed by atoms with Gasteiger partial charge >= 0.3 is 0 Å². The molecule has 1 unspecified atom stereocenters. The second-order valence-corrected chi connectivity index (χ2v) is 6.73. The third kappa shape index (κ3) is 4.01. The number of hydrogen-bond acceptors (Lipinski definition) is 3. The Bertz CT molecular complexity index is 455. The van der Waals surface area contributed by atoms with Gasteiger partial charge in [-0.3, -0.25) is 0 Å². The maximum atomic E-state index is 12.0. The first-order valence-electron chi connectivity index (χ1n) is 5.39. The zero-order valence-electron chi connectivity index (χ0n) is 10.3. The van der Waals surface area contributed by atoms with Gasteiger partial charge in [-0.25, -0.2) is 12.7 Å². The third-order valence-corrected chi connectivity index (χ3v) is 5.19. The normalized spacial score (nSPS) is 14.2. The molecule has 98 valence electrons. The van der Waals surface area contributed by atoms with Gasteiger partial charge in [-0.05, 0) is 18.9 Å². The zero-order chi connectivity index (χ0) is 13.1. The van der Waals surface area contributed by atoms with E-state index in [-0.39, 0.29) is 11.7 Å². The van der Waals surface area contributed by atoms with Crippen LogP contribution < -0.4 is 0 Å². The number of nitrogens with zero attached hydrogens (tertiary/aromatic N) is 1. The van der Waals surface area contributed by atoms with Crippen molar-refractivity contribution in [3.05, 3.63) is 23.7 Å². The average Bonchev–Trinajstić information content (AvgIpc) is 2.63. The van der Waals surface area contributed by atoms with Crippen LogP contribution in [0.2, 0.25) is 0 Å². The first kappa shape index (κ1) is 14.5. The van der Waals surface area contributed by atoms with Crippen molar-refractivity contribution in [1.82, 2.24) is 4.31 Å². The molecular weight excluding hydrogens is 262 g/mol. The van der Waals surface area contributed by atoms with Gasteiger partial charge in [0.2, 0.25) is 10.0 Å². The summed E-state index contributed by atoms with van der Waals surface area (Å²) in [6, 6.07) is 1.78. The van der Waals surface area contributed by atoms with Crippen LogP contribution in [0.25, 0.3) is 0 Å². The Balaban J connectivity index is 2.70. The summed E-state index contributed by atoms with van der Waals surface area (Å²) >= 11 is 5.63. The van der Waals surface area contributed by atoms with Crippen molar-refractivity contribution in [2.75, 3.05) is 18.7 Å². The highest BCUT2D eigenvalue weighted by molar-refractivity contribution is 7.89. The Kier molecular flexibility index (Phi) is 5.04. The van der Waals surface area contributed by atoms with Gasteiger partial charge in [0, 0.05) is 25.0 Å². The highest BCUT2D eigenvalue weighted by Gasteiger charge is 2.21. The number of sulfonamides is 1. The maximum Gasteiger partial charge on any atom is 0.214 e. The van der Waals surface area contributed by atoms with E-state index in [0.717, 1.165) is 11.3 Å². The van der Waals surface area contributed by atoms with E-state index in [1.807, 2.05) is 13.8 Å². The molecule has 0 radical (unpaired) electrons. The molecule has 1 aromatic rings. The van der Waals surface area contributed by atoms with E-state index in [1.54, 1.807) is 19.4 Å². The lowest BCUT2D eigenvalue weighted by atomic mass is 10.3. The van der Waals surface area contributed by atoms with E-state index in [0.29, 0.717) is 12.4 Å². The molecule has 0 aliphatic rings. The molecule has 4 nitrogen and oxygen atoms in total. The van der Waals surface area contributed by atoms with E-state index in [9.17, 15) is 8.42 Å². The van der Waals surface area contributed by atoms with Gasteiger partial charge in [-0.1, -0.05) is 6.92 Å². The molecule has 1 rings (SSSR count). The predicted octanol–water partition coefficient (Wildman–Crippen LogP) is 2.22.